The first kappa shape index (κ1) is 24.1. The van der Waals surface area contributed by atoms with Gasteiger partial charge in [0.05, 0.1) is 23.4 Å². The van der Waals surface area contributed by atoms with Crippen molar-refractivity contribution >= 4 is 46.9 Å². The maximum atomic E-state index is 12.0. The van der Waals surface area contributed by atoms with E-state index in [2.05, 4.69) is 15.8 Å². The number of ether oxygens (including phenoxy) is 2. The highest BCUT2D eigenvalue weighted by molar-refractivity contribution is 6.42. The summed E-state index contributed by atoms with van der Waals surface area (Å²) in [5, 5.41) is 7.49. The van der Waals surface area contributed by atoms with E-state index in [-0.39, 0.29) is 13.0 Å². The monoisotopic (exact) mass is 485 g/mol. The Morgan fingerprint density at radius 3 is 2.45 bits per heavy atom. The number of methoxy groups -OCH3 is 1. The Bertz CT molecular complexity index is 1150. The lowest BCUT2D eigenvalue weighted by molar-refractivity contribution is -0.126. The third-order valence-corrected chi connectivity index (χ3v) is 5.12. The molecule has 0 saturated heterocycles. The molecule has 0 atom stereocenters. The fourth-order valence-electron chi connectivity index (χ4n) is 2.75. The van der Waals surface area contributed by atoms with E-state index in [4.69, 9.17) is 32.7 Å². The van der Waals surface area contributed by atoms with Crippen LogP contribution in [-0.2, 0) is 16.2 Å². The number of hydrogen-bond donors (Lipinski definition) is 2. The molecule has 3 rings (SSSR count). The van der Waals surface area contributed by atoms with Crippen molar-refractivity contribution in [1.82, 2.24) is 5.43 Å². The molecule has 170 valence electrons. The van der Waals surface area contributed by atoms with Crippen molar-refractivity contribution in [3.8, 4) is 11.5 Å². The summed E-state index contributed by atoms with van der Waals surface area (Å²) >= 11 is 12.0. The molecule has 2 amide bonds. The molecule has 0 aromatic heterocycles. The highest BCUT2D eigenvalue weighted by Gasteiger charge is 2.09. The summed E-state index contributed by atoms with van der Waals surface area (Å²) in [5.41, 5.74) is 4.41. The normalized spacial score (nSPS) is 10.6. The summed E-state index contributed by atoms with van der Waals surface area (Å²) in [6.07, 6.45) is 1.07. The van der Waals surface area contributed by atoms with E-state index < -0.39 is 11.8 Å². The molecule has 0 unspecified atom stereocenters. The van der Waals surface area contributed by atoms with Crippen LogP contribution >= 0.6 is 23.2 Å². The molecule has 0 heterocycles. The number of nitrogens with zero attached hydrogens (tertiary/aromatic N) is 1. The van der Waals surface area contributed by atoms with Crippen LogP contribution in [-0.4, -0.2) is 25.1 Å². The van der Waals surface area contributed by atoms with Crippen molar-refractivity contribution < 1.29 is 19.1 Å². The second kappa shape index (κ2) is 11.9. The van der Waals surface area contributed by atoms with Gasteiger partial charge in [0.2, 0.25) is 11.8 Å². The number of benzene rings is 3. The predicted octanol–water partition coefficient (Wildman–Crippen LogP) is 5.06. The van der Waals surface area contributed by atoms with Crippen molar-refractivity contribution in [3.05, 3.63) is 87.9 Å². The Kier molecular flexibility index (Phi) is 8.69. The number of rotatable bonds is 9. The minimum atomic E-state index is -0.550. The molecule has 0 fully saturated rings. The van der Waals surface area contributed by atoms with E-state index in [1.807, 2.05) is 18.2 Å². The number of nitrogens with one attached hydrogen (secondary N) is 2. The summed E-state index contributed by atoms with van der Waals surface area (Å²) in [4.78, 5) is 24.1. The Morgan fingerprint density at radius 1 is 0.970 bits per heavy atom. The molecule has 3 aromatic rings. The number of para-hydroxylation sites is 1. The van der Waals surface area contributed by atoms with Gasteiger partial charge in [-0.2, -0.15) is 5.10 Å². The second-order valence-electron chi connectivity index (χ2n) is 6.82. The average molecular weight is 486 g/mol. The van der Waals surface area contributed by atoms with Crippen LogP contribution in [0, 0.1) is 0 Å². The number of amides is 2. The molecule has 9 heteroatoms. The third-order valence-electron chi connectivity index (χ3n) is 4.39. The molecule has 0 aliphatic rings. The minimum Gasteiger partial charge on any atom is -0.497 e. The molecule has 0 bridgehead atoms. The van der Waals surface area contributed by atoms with Gasteiger partial charge in [0, 0.05) is 11.3 Å². The Balaban J connectivity index is 1.51. The van der Waals surface area contributed by atoms with Crippen molar-refractivity contribution in [2.75, 3.05) is 12.4 Å². The Hall–Kier alpha value is -3.55. The highest BCUT2D eigenvalue weighted by Crippen LogP contribution is 2.24. The van der Waals surface area contributed by atoms with Crippen LogP contribution in [0.3, 0.4) is 0 Å². The first-order valence-corrected chi connectivity index (χ1v) is 10.6. The van der Waals surface area contributed by atoms with E-state index in [1.165, 1.54) is 6.21 Å². The number of halogens is 2. The molecular formula is C24H21Cl2N3O4. The predicted molar refractivity (Wildman–Crippen MR) is 129 cm³/mol. The number of carbonyl (C=O) groups excluding carboxylic acids is 2. The largest absolute Gasteiger partial charge is 0.497 e. The molecule has 0 saturated carbocycles. The standard InChI is InChI=1S/C24H21Cl2N3O4/c1-32-19-9-7-18(8-10-19)28-23(30)13-24(31)29-27-14-17-4-2-3-5-22(17)33-15-16-6-11-20(25)21(26)12-16/h2-12,14H,13,15H2,1H3,(H,28,30)(H,29,31). The zero-order valence-corrected chi connectivity index (χ0v) is 19.2. The van der Waals surface area contributed by atoms with Gasteiger partial charge in [-0.15, -0.1) is 0 Å². The summed E-state index contributed by atoms with van der Waals surface area (Å²) in [6.45, 7) is 0.277. The van der Waals surface area contributed by atoms with Gasteiger partial charge >= 0.3 is 0 Å². The maximum absolute atomic E-state index is 12.0. The van der Waals surface area contributed by atoms with Gasteiger partial charge in [-0.05, 0) is 54.1 Å². The summed E-state index contributed by atoms with van der Waals surface area (Å²) in [6, 6.07) is 19.3. The van der Waals surface area contributed by atoms with Gasteiger partial charge < -0.3 is 14.8 Å². The zero-order chi connectivity index (χ0) is 23.6. The quantitative estimate of drug-likeness (QED) is 0.251. The van der Waals surface area contributed by atoms with Crippen LogP contribution < -0.4 is 20.2 Å². The number of carbonyl (C=O) groups is 2. The average Bonchev–Trinajstić information content (AvgIpc) is 2.81. The van der Waals surface area contributed by atoms with Crippen molar-refractivity contribution in [2.24, 2.45) is 5.10 Å². The van der Waals surface area contributed by atoms with E-state index in [0.29, 0.717) is 32.8 Å². The Morgan fingerprint density at radius 2 is 1.73 bits per heavy atom. The summed E-state index contributed by atoms with van der Waals surface area (Å²) in [7, 11) is 1.55. The smallest absolute Gasteiger partial charge is 0.249 e. The molecular weight excluding hydrogens is 465 g/mol. The van der Waals surface area contributed by atoms with Crippen LogP contribution in [0.1, 0.15) is 17.5 Å². The molecule has 7 nitrogen and oxygen atoms in total. The van der Waals surface area contributed by atoms with E-state index >= 15 is 0 Å². The summed E-state index contributed by atoms with van der Waals surface area (Å²) in [5.74, 6) is 0.227. The number of hydrogen-bond acceptors (Lipinski definition) is 5. The van der Waals surface area contributed by atoms with E-state index in [1.54, 1.807) is 55.6 Å². The Labute approximate surface area is 201 Å². The van der Waals surface area contributed by atoms with E-state index in [0.717, 1.165) is 5.56 Å². The highest BCUT2D eigenvalue weighted by atomic mass is 35.5. The van der Waals surface area contributed by atoms with Gasteiger partial charge in [0.15, 0.2) is 0 Å². The van der Waals surface area contributed by atoms with Crippen LogP contribution in [0.15, 0.2) is 71.8 Å². The van der Waals surface area contributed by atoms with Crippen molar-refractivity contribution in [2.45, 2.75) is 13.0 Å². The fourth-order valence-corrected chi connectivity index (χ4v) is 3.07. The molecule has 33 heavy (non-hydrogen) atoms. The zero-order valence-electron chi connectivity index (χ0n) is 17.7. The fraction of sp³-hybridized carbons (Fsp3) is 0.125. The van der Waals surface area contributed by atoms with Gasteiger partial charge in [0.25, 0.3) is 0 Å². The van der Waals surface area contributed by atoms with E-state index in [9.17, 15) is 9.59 Å². The van der Waals surface area contributed by atoms with Crippen LogP contribution in [0.25, 0.3) is 0 Å². The van der Waals surface area contributed by atoms with Gasteiger partial charge in [0.1, 0.15) is 24.5 Å². The van der Waals surface area contributed by atoms with Crippen LogP contribution in [0.2, 0.25) is 10.0 Å². The minimum absolute atomic E-state index is 0.277. The number of anilines is 1. The topological polar surface area (TPSA) is 89.0 Å². The molecule has 0 aliphatic heterocycles. The van der Waals surface area contributed by atoms with Crippen LogP contribution in [0.4, 0.5) is 5.69 Å². The van der Waals surface area contributed by atoms with Crippen molar-refractivity contribution in [3.63, 3.8) is 0 Å². The first-order chi connectivity index (χ1) is 15.9. The van der Waals surface area contributed by atoms with Gasteiger partial charge in [-0.3, -0.25) is 9.59 Å². The molecule has 3 aromatic carbocycles. The lowest BCUT2D eigenvalue weighted by atomic mass is 10.2. The summed E-state index contributed by atoms with van der Waals surface area (Å²) < 4.78 is 10.9. The molecule has 0 aliphatic carbocycles. The van der Waals surface area contributed by atoms with Gasteiger partial charge in [-0.1, -0.05) is 41.4 Å². The van der Waals surface area contributed by atoms with Gasteiger partial charge in [-0.25, -0.2) is 5.43 Å². The lowest BCUT2D eigenvalue weighted by Crippen LogP contribution is -2.24. The molecule has 0 spiro atoms. The van der Waals surface area contributed by atoms with Crippen molar-refractivity contribution in [1.29, 1.82) is 0 Å². The SMILES string of the molecule is COc1ccc(NC(=O)CC(=O)NN=Cc2ccccc2OCc2ccc(Cl)c(Cl)c2)cc1. The second-order valence-corrected chi connectivity index (χ2v) is 7.64. The third kappa shape index (κ3) is 7.52. The molecule has 2 N–H and O–H groups in total. The maximum Gasteiger partial charge on any atom is 0.249 e. The first-order valence-electron chi connectivity index (χ1n) is 9.86. The molecule has 0 radical (unpaired) electrons. The number of hydrazone groups is 1. The lowest BCUT2D eigenvalue weighted by Gasteiger charge is -2.09. The van der Waals surface area contributed by atoms with Crippen LogP contribution in [0.5, 0.6) is 11.5 Å².